The highest BCUT2D eigenvalue weighted by molar-refractivity contribution is 6.02. The van der Waals surface area contributed by atoms with Gasteiger partial charge >= 0.3 is 0 Å². The van der Waals surface area contributed by atoms with Crippen molar-refractivity contribution < 1.29 is 0 Å². The molecular formula is C62H43N. The summed E-state index contributed by atoms with van der Waals surface area (Å²) >= 11 is 0. The summed E-state index contributed by atoms with van der Waals surface area (Å²) in [5, 5.41) is 2.44. The minimum Gasteiger partial charge on any atom is -0.309 e. The predicted octanol–water partition coefficient (Wildman–Crippen LogP) is 16.3. The van der Waals surface area contributed by atoms with E-state index in [0.717, 1.165) is 17.1 Å². The van der Waals surface area contributed by atoms with E-state index in [4.69, 9.17) is 0 Å². The van der Waals surface area contributed by atoms with Crippen molar-refractivity contribution in [3.63, 3.8) is 0 Å². The molecule has 296 valence electrons. The van der Waals surface area contributed by atoms with Gasteiger partial charge < -0.3 is 4.90 Å². The molecule has 1 nitrogen and oxygen atoms in total. The minimum atomic E-state index is -0.379. The first kappa shape index (κ1) is 36.0. The van der Waals surface area contributed by atoms with Crippen molar-refractivity contribution in [3.05, 3.63) is 258 Å². The molecule has 3 aliphatic rings. The molecule has 0 bridgehead atoms. The molecular weight excluding hydrogens is 759 g/mol. The van der Waals surface area contributed by atoms with Gasteiger partial charge in [0.25, 0.3) is 0 Å². The third-order valence-electron chi connectivity index (χ3n) is 14.5. The van der Waals surface area contributed by atoms with Gasteiger partial charge in [0.2, 0.25) is 0 Å². The van der Waals surface area contributed by atoms with Crippen molar-refractivity contribution in [3.8, 4) is 55.6 Å². The molecule has 1 heteroatoms. The van der Waals surface area contributed by atoms with E-state index < -0.39 is 0 Å². The fourth-order valence-corrected chi connectivity index (χ4v) is 11.8. The summed E-state index contributed by atoms with van der Waals surface area (Å²) in [5.74, 6) is 0. The largest absolute Gasteiger partial charge is 0.309 e. The first-order valence-electron chi connectivity index (χ1n) is 22.2. The molecule has 3 aliphatic carbocycles. The number of hydrogen-bond donors (Lipinski definition) is 0. The van der Waals surface area contributed by atoms with Gasteiger partial charge in [-0.3, -0.25) is 0 Å². The second-order valence-corrected chi connectivity index (χ2v) is 17.9. The number of anilines is 3. The molecule has 0 saturated heterocycles. The molecule has 0 unspecified atom stereocenters. The van der Waals surface area contributed by atoms with Gasteiger partial charge in [0, 0.05) is 22.2 Å². The van der Waals surface area contributed by atoms with Crippen molar-refractivity contribution >= 4 is 27.8 Å². The zero-order valence-corrected chi connectivity index (χ0v) is 35.3. The molecule has 0 N–H and O–H groups in total. The van der Waals surface area contributed by atoms with E-state index in [1.807, 2.05) is 0 Å². The molecule has 10 aromatic rings. The summed E-state index contributed by atoms with van der Waals surface area (Å²) in [4.78, 5) is 2.51. The molecule has 0 amide bonds. The van der Waals surface area contributed by atoms with Gasteiger partial charge in [-0.05, 0) is 119 Å². The Labute approximate surface area is 369 Å². The molecule has 0 fully saturated rings. The maximum atomic E-state index is 2.51. The number of nitrogens with zero attached hydrogens (tertiary/aromatic N) is 1. The zero-order chi connectivity index (χ0) is 41.9. The highest BCUT2D eigenvalue weighted by Gasteiger charge is 2.51. The molecule has 1 spiro atoms. The Balaban J connectivity index is 1.04. The molecule has 0 radical (unpaired) electrons. The second-order valence-electron chi connectivity index (χ2n) is 17.9. The van der Waals surface area contributed by atoms with E-state index in [1.54, 1.807) is 0 Å². The lowest BCUT2D eigenvalue weighted by Gasteiger charge is -2.31. The SMILES string of the molecule is CC1(C)c2ccccc2-c2c(-c3ccccc3N(c3ccc4ccccc4c3)c3ccccc3-c3ccc4c(c3)-c3ccccc3C43c4ccccc4-c4ccccc43)cccc21. The van der Waals surface area contributed by atoms with Gasteiger partial charge in [0.1, 0.15) is 0 Å². The van der Waals surface area contributed by atoms with Gasteiger partial charge in [-0.25, -0.2) is 0 Å². The monoisotopic (exact) mass is 801 g/mol. The molecule has 0 saturated carbocycles. The van der Waals surface area contributed by atoms with Crippen LogP contribution in [0.3, 0.4) is 0 Å². The number of benzene rings is 10. The van der Waals surface area contributed by atoms with Gasteiger partial charge in [0.05, 0.1) is 16.8 Å². The Morgan fingerprint density at radius 1 is 0.302 bits per heavy atom. The average Bonchev–Trinajstić information content (AvgIpc) is 3.90. The Morgan fingerprint density at radius 3 is 1.46 bits per heavy atom. The van der Waals surface area contributed by atoms with Gasteiger partial charge in [-0.1, -0.05) is 208 Å². The number of fused-ring (bicyclic) bond motifs is 14. The second kappa shape index (κ2) is 13.4. The maximum absolute atomic E-state index is 2.51. The Hall–Kier alpha value is -7.74. The van der Waals surface area contributed by atoms with Gasteiger partial charge in [-0.2, -0.15) is 0 Å². The van der Waals surface area contributed by atoms with Crippen LogP contribution in [0.2, 0.25) is 0 Å². The van der Waals surface area contributed by atoms with Crippen LogP contribution in [-0.4, -0.2) is 0 Å². The van der Waals surface area contributed by atoms with Crippen LogP contribution >= 0.6 is 0 Å². The Morgan fingerprint density at radius 2 is 0.778 bits per heavy atom. The van der Waals surface area contributed by atoms with Crippen LogP contribution in [0, 0.1) is 0 Å². The topological polar surface area (TPSA) is 3.24 Å². The fraction of sp³-hybridized carbons (Fsp3) is 0.0645. The van der Waals surface area contributed by atoms with Crippen LogP contribution < -0.4 is 4.90 Å². The molecule has 0 aromatic heterocycles. The highest BCUT2D eigenvalue weighted by atomic mass is 15.1. The molecule has 63 heavy (non-hydrogen) atoms. The summed E-state index contributed by atoms with van der Waals surface area (Å²) in [6.45, 7) is 4.73. The van der Waals surface area contributed by atoms with E-state index in [-0.39, 0.29) is 10.8 Å². The lowest BCUT2D eigenvalue weighted by Crippen LogP contribution is -2.25. The summed E-state index contributed by atoms with van der Waals surface area (Å²) in [7, 11) is 0. The normalized spacial score (nSPS) is 14.1. The van der Waals surface area contributed by atoms with Crippen LogP contribution in [0.25, 0.3) is 66.4 Å². The molecule has 0 aliphatic heterocycles. The van der Waals surface area contributed by atoms with Crippen molar-refractivity contribution in [2.45, 2.75) is 24.7 Å². The van der Waals surface area contributed by atoms with E-state index in [9.17, 15) is 0 Å². The summed E-state index contributed by atoms with van der Waals surface area (Å²) < 4.78 is 0. The molecule has 0 atom stereocenters. The first-order chi connectivity index (χ1) is 31.0. The van der Waals surface area contributed by atoms with Crippen molar-refractivity contribution in [2.24, 2.45) is 0 Å². The van der Waals surface area contributed by atoms with Crippen molar-refractivity contribution in [1.29, 1.82) is 0 Å². The van der Waals surface area contributed by atoms with Crippen LogP contribution in [0.5, 0.6) is 0 Å². The zero-order valence-electron chi connectivity index (χ0n) is 35.3. The van der Waals surface area contributed by atoms with Crippen LogP contribution in [-0.2, 0) is 10.8 Å². The van der Waals surface area contributed by atoms with Gasteiger partial charge in [0.15, 0.2) is 0 Å². The quantitative estimate of drug-likeness (QED) is 0.168. The number of para-hydroxylation sites is 2. The van der Waals surface area contributed by atoms with Crippen molar-refractivity contribution in [1.82, 2.24) is 0 Å². The van der Waals surface area contributed by atoms with E-state index in [1.165, 1.54) is 99.8 Å². The van der Waals surface area contributed by atoms with Crippen LogP contribution in [0.15, 0.2) is 224 Å². The lowest BCUT2D eigenvalue weighted by molar-refractivity contribution is 0.660. The first-order valence-corrected chi connectivity index (χ1v) is 22.2. The Kier molecular flexibility index (Phi) is 7.64. The third kappa shape index (κ3) is 4.94. The standard InChI is InChI=1S/C62H43N/c1-61(2)52-27-11-8-25-50(52)60-49(26-17-31-57(60)61)48-24-10-16-33-59(48)63(43-36-34-40-18-3-4-19-41(40)38-43)58-32-15-9-20-44(58)42-35-37-56-51(39-42)47-23-7-14-30-55(47)62(56)53-28-12-5-21-45(53)46-22-6-13-29-54(46)62/h3-39H,1-2H3. The average molecular weight is 802 g/mol. The summed E-state index contributed by atoms with van der Waals surface area (Å²) in [6.07, 6.45) is 0. The predicted molar refractivity (Wildman–Crippen MR) is 263 cm³/mol. The Bertz CT molecular complexity index is 3470. The minimum absolute atomic E-state index is 0.102. The lowest BCUT2D eigenvalue weighted by atomic mass is 9.70. The summed E-state index contributed by atoms with van der Waals surface area (Å²) in [5.41, 5.74) is 23.8. The van der Waals surface area contributed by atoms with Crippen LogP contribution in [0.1, 0.15) is 47.2 Å². The third-order valence-corrected chi connectivity index (χ3v) is 14.5. The smallest absolute Gasteiger partial charge is 0.0725 e. The van der Waals surface area contributed by atoms with E-state index in [0.29, 0.717) is 0 Å². The molecule has 13 rings (SSSR count). The van der Waals surface area contributed by atoms with Crippen molar-refractivity contribution in [2.75, 3.05) is 4.90 Å². The van der Waals surface area contributed by atoms with Gasteiger partial charge in [-0.15, -0.1) is 0 Å². The fourth-order valence-electron chi connectivity index (χ4n) is 11.8. The molecule has 0 heterocycles. The number of hydrogen-bond acceptors (Lipinski definition) is 1. The van der Waals surface area contributed by atoms with E-state index >= 15 is 0 Å². The summed E-state index contributed by atoms with van der Waals surface area (Å²) in [6, 6.07) is 84.0. The van der Waals surface area contributed by atoms with Crippen LogP contribution in [0.4, 0.5) is 17.1 Å². The highest BCUT2D eigenvalue weighted by Crippen LogP contribution is 2.63. The number of rotatable bonds is 5. The molecule has 10 aromatic carbocycles. The van der Waals surface area contributed by atoms with E-state index in [2.05, 4.69) is 243 Å². The maximum Gasteiger partial charge on any atom is 0.0725 e.